The van der Waals surface area contributed by atoms with Gasteiger partial charge in [0, 0.05) is 63.8 Å². The molecule has 0 saturated carbocycles. The molecule has 1 fully saturated rings. The summed E-state index contributed by atoms with van der Waals surface area (Å²) in [5.74, 6) is 0.595. The van der Waals surface area contributed by atoms with Gasteiger partial charge in [0.1, 0.15) is 5.75 Å². The second-order valence-corrected chi connectivity index (χ2v) is 8.80. The van der Waals surface area contributed by atoms with Crippen LogP contribution < -0.4 is 19.9 Å². The zero-order valence-electron chi connectivity index (χ0n) is 20.3. The van der Waals surface area contributed by atoms with Gasteiger partial charge < -0.3 is 19.9 Å². The first-order valence-corrected chi connectivity index (χ1v) is 11.8. The Morgan fingerprint density at radius 3 is 2.29 bits per heavy atom. The second kappa shape index (κ2) is 11.1. The Bertz CT molecular complexity index is 1060. The molecule has 1 heterocycles. The molecule has 4 rings (SSSR count). The molecular weight excluding hydrogens is 424 g/mol. The number of amides is 1. The van der Waals surface area contributed by atoms with Gasteiger partial charge in [0.25, 0.3) is 5.91 Å². The Labute approximate surface area is 202 Å². The van der Waals surface area contributed by atoms with Gasteiger partial charge in [-0.15, -0.1) is 0 Å². The molecule has 0 aliphatic carbocycles. The SMILES string of the molecule is COc1cccc(C(=O)NC[C@@H](c2ccc(N(C)C)cc2)N2CCN(c3ccccc3)CC2)c1. The van der Waals surface area contributed by atoms with Crippen molar-refractivity contribution in [3.05, 3.63) is 90.0 Å². The second-order valence-electron chi connectivity index (χ2n) is 8.80. The van der Waals surface area contributed by atoms with E-state index in [9.17, 15) is 4.79 Å². The van der Waals surface area contributed by atoms with Crippen molar-refractivity contribution in [2.24, 2.45) is 0 Å². The monoisotopic (exact) mass is 458 g/mol. The molecule has 3 aromatic rings. The number of benzene rings is 3. The minimum Gasteiger partial charge on any atom is -0.497 e. The smallest absolute Gasteiger partial charge is 0.251 e. The van der Waals surface area contributed by atoms with Gasteiger partial charge in [-0.05, 0) is 48.0 Å². The summed E-state index contributed by atoms with van der Waals surface area (Å²) in [6, 6.07) is 26.6. The van der Waals surface area contributed by atoms with Crippen molar-refractivity contribution >= 4 is 17.3 Å². The maximum Gasteiger partial charge on any atom is 0.251 e. The topological polar surface area (TPSA) is 48.1 Å². The molecule has 6 nitrogen and oxygen atoms in total. The molecule has 1 amide bonds. The fourth-order valence-corrected chi connectivity index (χ4v) is 4.44. The van der Waals surface area contributed by atoms with Gasteiger partial charge in [0.05, 0.1) is 13.2 Å². The highest BCUT2D eigenvalue weighted by Gasteiger charge is 2.26. The van der Waals surface area contributed by atoms with Crippen LogP contribution in [0.2, 0.25) is 0 Å². The number of hydrogen-bond acceptors (Lipinski definition) is 5. The van der Waals surface area contributed by atoms with Crippen LogP contribution in [0.4, 0.5) is 11.4 Å². The lowest BCUT2D eigenvalue weighted by atomic mass is 10.0. The number of nitrogens with one attached hydrogen (secondary N) is 1. The average molecular weight is 459 g/mol. The van der Waals surface area contributed by atoms with Crippen molar-refractivity contribution < 1.29 is 9.53 Å². The van der Waals surface area contributed by atoms with Crippen molar-refractivity contribution in [2.45, 2.75) is 6.04 Å². The lowest BCUT2D eigenvalue weighted by molar-refractivity contribution is 0.0930. The highest BCUT2D eigenvalue weighted by atomic mass is 16.5. The van der Waals surface area contributed by atoms with Crippen LogP contribution in [0.25, 0.3) is 0 Å². The third-order valence-corrected chi connectivity index (χ3v) is 6.46. The van der Waals surface area contributed by atoms with E-state index in [-0.39, 0.29) is 11.9 Å². The molecule has 0 radical (unpaired) electrons. The molecule has 1 aliphatic rings. The quantitative estimate of drug-likeness (QED) is 0.552. The van der Waals surface area contributed by atoms with Crippen LogP contribution in [0, 0.1) is 0 Å². The highest BCUT2D eigenvalue weighted by molar-refractivity contribution is 5.94. The minimum absolute atomic E-state index is 0.0864. The number of carbonyl (C=O) groups excluding carboxylic acids is 1. The summed E-state index contributed by atoms with van der Waals surface area (Å²) in [7, 11) is 5.70. The predicted molar refractivity (Wildman–Crippen MR) is 139 cm³/mol. The Kier molecular flexibility index (Phi) is 7.70. The van der Waals surface area contributed by atoms with Gasteiger partial charge in [-0.1, -0.05) is 36.4 Å². The first-order valence-electron chi connectivity index (χ1n) is 11.8. The fourth-order valence-electron chi connectivity index (χ4n) is 4.44. The number of carbonyl (C=O) groups is 1. The standard InChI is InChI=1S/C28H34N4O2/c1-30(2)24-14-12-22(13-15-24)27(21-29-28(33)23-8-7-11-26(20-23)34-3)32-18-16-31(17-19-32)25-9-5-4-6-10-25/h4-15,20,27H,16-19,21H2,1-3H3,(H,29,33)/t27-/m0/s1. The maximum absolute atomic E-state index is 12.9. The minimum atomic E-state index is -0.0864. The van der Waals surface area contributed by atoms with E-state index in [1.165, 1.54) is 11.3 Å². The van der Waals surface area contributed by atoms with Crippen LogP contribution in [-0.2, 0) is 0 Å². The number of anilines is 2. The summed E-state index contributed by atoms with van der Waals surface area (Å²) >= 11 is 0. The van der Waals surface area contributed by atoms with E-state index in [4.69, 9.17) is 4.74 Å². The average Bonchev–Trinajstić information content (AvgIpc) is 2.90. The molecule has 178 valence electrons. The molecule has 3 aromatic carbocycles. The van der Waals surface area contributed by atoms with Crippen LogP contribution in [-0.4, -0.2) is 64.7 Å². The van der Waals surface area contributed by atoms with Gasteiger partial charge in [0.2, 0.25) is 0 Å². The number of rotatable bonds is 8. The maximum atomic E-state index is 12.9. The van der Waals surface area contributed by atoms with E-state index in [0.29, 0.717) is 17.9 Å². The van der Waals surface area contributed by atoms with E-state index in [1.807, 2.05) is 32.3 Å². The van der Waals surface area contributed by atoms with Crippen LogP contribution in [0.1, 0.15) is 22.0 Å². The highest BCUT2D eigenvalue weighted by Crippen LogP contribution is 2.26. The molecular formula is C28H34N4O2. The Balaban J connectivity index is 1.48. The summed E-state index contributed by atoms with van der Waals surface area (Å²) in [6.45, 7) is 4.33. The molecule has 0 bridgehead atoms. The lowest BCUT2D eigenvalue weighted by Gasteiger charge is -2.40. The van der Waals surface area contributed by atoms with Crippen molar-refractivity contribution in [1.82, 2.24) is 10.2 Å². The molecule has 1 atom stereocenters. The van der Waals surface area contributed by atoms with Gasteiger partial charge in [0.15, 0.2) is 0 Å². The number of nitrogens with zero attached hydrogens (tertiary/aromatic N) is 3. The zero-order valence-corrected chi connectivity index (χ0v) is 20.3. The van der Waals surface area contributed by atoms with Crippen molar-refractivity contribution in [2.75, 3.05) is 63.7 Å². The van der Waals surface area contributed by atoms with Gasteiger partial charge in [-0.25, -0.2) is 0 Å². The van der Waals surface area contributed by atoms with Crippen LogP contribution >= 0.6 is 0 Å². The third kappa shape index (κ3) is 5.69. The number of para-hydroxylation sites is 1. The summed E-state index contributed by atoms with van der Waals surface area (Å²) in [5.41, 5.74) is 4.25. The number of piperazine rings is 1. The molecule has 1 N–H and O–H groups in total. The summed E-state index contributed by atoms with van der Waals surface area (Å²) < 4.78 is 5.28. The normalized spacial score (nSPS) is 15.0. The van der Waals surface area contributed by atoms with Crippen LogP contribution in [0.3, 0.4) is 0 Å². The molecule has 0 unspecified atom stereocenters. The first kappa shape index (κ1) is 23.6. The Morgan fingerprint density at radius 1 is 0.941 bits per heavy atom. The van der Waals surface area contributed by atoms with Gasteiger partial charge in [-0.3, -0.25) is 9.69 Å². The van der Waals surface area contributed by atoms with Gasteiger partial charge >= 0.3 is 0 Å². The molecule has 1 aliphatic heterocycles. The number of hydrogen-bond donors (Lipinski definition) is 1. The van der Waals surface area contributed by atoms with E-state index in [1.54, 1.807) is 13.2 Å². The lowest BCUT2D eigenvalue weighted by Crippen LogP contribution is -2.50. The van der Waals surface area contributed by atoms with Gasteiger partial charge in [-0.2, -0.15) is 0 Å². The number of methoxy groups -OCH3 is 1. The largest absolute Gasteiger partial charge is 0.497 e. The predicted octanol–water partition coefficient (Wildman–Crippen LogP) is 4.05. The molecule has 6 heteroatoms. The molecule has 1 saturated heterocycles. The summed E-state index contributed by atoms with van der Waals surface area (Å²) in [4.78, 5) is 19.9. The van der Waals surface area contributed by atoms with E-state index in [2.05, 4.69) is 74.6 Å². The van der Waals surface area contributed by atoms with E-state index >= 15 is 0 Å². The van der Waals surface area contributed by atoms with E-state index < -0.39 is 0 Å². The third-order valence-electron chi connectivity index (χ3n) is 6.46. The van der Waals surface area contributed by atoms with Crippen molar-refractivity contribution in [1.29, 1.82) is 0 Å². The number of ether oxygens (including phenoxy) is 1. The molecule has 0 aromatic heterocycles. The molecule has 34 heavy (non-hydrogen) atoms. The van der Waals surface area contributed by atoms with Crippen LogP contribution in [0.15, 0.2) is 78.9 Å². The van der Waals surface area contributed by atoms with Crippen molar-refractivity contribution in [3.63, 3.8) is 0 Å². The van der Waals surface area contributed by atoms with Crippen LogP contribution in [0.5, 0.6) is 5.75 Å². The zero-order chi connectivity index (χ0) is 23.9. The Morgan fingerprint density at radius 2 is 1.65 bits per heavy atom. The summed E-state index contributed by atoms with van der Waals surface area (Å²) in [5, 5.41) is 3.17. The summed E-state index contributed by atoms with van der Waals surface area (Å²) in [6.07, 6.45) is 0. The van der Waals surface area contributed by atoms with E-state index in [0.717, 1.165) is 31.9 Å². The first-order chi connectivity index (χ1) is 16.5. The van der Waals surface area contributed by atoms with Crippen molar-refractivity contribution in [3.8, 4) is 5.75 Å². The fraction of sp³-hybridized carbons (Fsp3) is 0.321. The molecule has 0 spiro atoms. The Hall–Kier alpha value is -3.51.